The minimum Gasteiger partial charge on any atom is -0.336 e. The van der Waals surface area contributed by atoms with Gasteiger partial charge in [0.25, 0.3) is 5.56 Å². The Morgan fingerprint density at radius 1 is 1.00 bits per heavy atom. The molecule has 0 unspecified atom stereocenters. The Bertz CT molecular complexity index is 1590. The summed E-state index contributed by atoms with van der Waals surface area (Å²) in [6.45, 7) is 0. The maximum atomic E-state index is 12.7. The molecule has 0 amide bonds. The molecule has 2 aromatic carbocycles. The Labute approximate surface area is 215 Å². The number of rotatable bonds is 4. The lowest BCUT2D eigenvalue weighted by atomic mass is 9.81. The van der Waals surface area contributed by atoms with E-state index >= 15 is 0 Å². The average Bonchev–Trinajstić information content (AvgIpc) is 3.27. The first-order valence-corrected chi connectivity index (χ1v) is 12.0. The van der Waals surface area contributed by atoms with Gasteiger partial charge in [-0.15, -0.1) is 0 Å². The number of aryl methyl sites for hydroxylation is 2. The molecule has 5 rings (SSSR count). The number of aromatic nitrogens is 4. The van der Waals surface area contributed by atoms with Crippen LogP contribution < -0.4 is 11.3 Å². The third-order valence-corrected chi connectivity index (χ3v) is 7.14. The first-order valence-electron chi connectivity index (χ1n) is 10.6. The number of hydrogen-bond acceptors (Lipinski definition) is 4. The molecule has 0 saturated carbocycles. The third kappa shape index (κ3) is 3.73. The molecule has 0 fully saturated rings. The highest BCUT2D eigenvalue weighted by atomic mass is 127. The molecule has 1 atom stereocenters. The van der Waals surface area contributed by atoms with E-state index in [0.717, 1.165) is 36.9 Å². The van der Waals surface area contributed by atoms with Gasteiger partial charge in [0.2, 0.25) is 0 Å². The van der Waals surface area contributed by atoms with Gasteiger partial charge in [-0.3, -0.25) is 9.36 Å². The van der Waals surface area contributed by atoms with Crippen LogP contribution in [0.25, 0.3) is 22.2 Å². The van der Waals surface area contributed by atoms with Crippen molar-refractivity contribution in [2.75, 3.05) is 0 Å². The summed E-state index contributed by atoms with van der Waals surface area (Å²) in [4.78, 5) is 21.8. The van der Waals surface area contributed by atoms with Gasteiger partial charge in [0.05, 0.1) is 18.2 Å². The van der Waals surface area contributed by atoms with Gasteiger partial charge in [0.15, 0.2) is 0 Å². The van der Waals surface area contributed by atoms with Gasteiger partial charge in [0.1, 0.15) is 11.2 Å². The van der Waals surface area contributed by atoms with E-state index in [4.69, 9.17) is 22.3 Å². The predicted octanol–water partition coefficient (Wildman–Crippen LogP) is 4.84. The van der Waals surface area contributed by atoms with E-state index in [-0.39, 0.29) is 5.56 Å². The van der Waals surface area contributed by atoms with E-state index in [1.54, 1.807) is 36.4 Å². The van der Waals surface area contributed by atoms with Crippen LogP contribution in [0.5, 0.6) is 0 Å². The number of nitrogens with two attached hydrogens (primary N) is 1. The summed E-state index contributed by atoms with van der Waals surface area (Å²) in [5, 5.41) is 1.40. The molecular formula is C26H21ClIN5O. The molecule has 0 spiro atoms. The van der Waals surface area contributed by atoms with Gasteiger partial charge in [0, 0.05) is 45.9 Å². The zero-order valence-electron chi connectivity index (χ0n) is 18.5. The molecule has 0 saturated heterocycles. The van der Waals surface area contributed by atoms with Crippen molar-refractivity contribution < 1.29 is 0 Å². The van der Waals surface area contributed by atoms with Gasteiger partial charge in [-0.05, 0) is 69.6 Å². The molecule has 0 aliphatic rings. The summed E-state index contributed by atoms with van der Waals surface area (Å²) in [6, 6.07) is 19.2. The highest BCUT2D eigenvalue weighted by molar-refractivity contribution is 14.1. The standard InChI is InChI=1S/C26H21ClIN5O/c1-32-15-30-14-23(32)26(29,17-6-8-20(28)9-7-17)18-11-22-21(16-4-3-5-19(27)10-16)12-24(34)33(2)25(22)31-13-18/h3-15H,29H2,1-2H3/t26-/m1/s1. The van der Waals surface area contributed by atoms with Crippen LogP contribution in [0.3, 0.4) is 0 Å². The molecule has 6 nitrogen and oxygen atoms in total. The molecule has 5 aromatic rings. The van der Waals surface area contributed by atoms with Crippen molar-refractivity contribution in [1.29, 1.82) is 0 Å². The third-order valence-electron chi connectivity index (χ3n) is 6.18. The smallest absolute Gasteiger partial charge is 0.252 e. The number of hydrogen-bond donors (Lipinski definition) is 1. The van der Waals surface area contributed by atoms with Crippen molar-refractivity contribution in [1.82, 2.24) is 19.1 Å². The van der Waals surface area contributed by atoms with E-state index in [9.17, 15) is 4.79 Å². The van der Waals surface area contributed by atoms with Crippen LogP contribution in [-0.2, 0) is 19.6 Å². The van der Waals surface area contributed by atoms with Gasteiger partial charge in [-0.1, -0.05) is 35.9 Å². The van der Waals surface area contributed by atoms with Crippen molar-refractivity contribution in [3.05, 3.63) is 115 Å². The van der Waals surface area contributed by atoms with Gasteiger partial charge >= 0.3 is 0 Å². The number of benzene rings is 2. The molecule has 0 aliphatic heterocycles. The molecule has 0 bridgehead atoms. The summed E-state index contributed by atoms with van der Waals surface area (Å²) in [6.07, 6.45) is 5.26. The molecule has 0 aliphatic carbocycles. The van der Waals surface area contributed by atoms with Crippen LogP contribution in [0.2, 0.25) is 5.02 Å². The van der Waals surface area contributed by atoms with Crippen molar-refractivity contribution >= 4 is 45.2 Å². The van der Waals surface area contributed by atoms with E-state index in [1.807, 2.05) is 66.2 Å². The van der Waals surface area contributed by atoms with Crippen LogP contribution in [0.15, 0.2) is 84.2 Å². The molecule has 2 N–H and O–H groups in total. The number of pyridine rings is 2. The number of imidazole rings is 1. The lowest BCUT2D eigenvalue weighted by Crippen LogP contribution is -2.41. The fourth-order valence-corrected chi connectivity index (χ4v) is 4.90. The normalized spacial score (nSPS) is 13.2. The van der Waals surface area contributed by atoms with Crippen LogP contribution in [0, 0.1) is 3.57 Å². The summed E-state index contributed by atoms with van der Waals surface area (Å²) in [5.41, 5.74) is 10.8. The molecule has 3 aromatic heterocycles. The van der Waals surface area contributed by atoms with Crippen LogP contribution >= 0.6 is 34.2 Å². The molecule has 8 heteroatoms. The number of halogens is 2. The second kappa shape index (κ2) is 8.65. The Morgan fingerprint density at radius 3 is 2.44 bits per heavy atom. The van der Waals surface area contributed by atoms with E-state index in [1.165, 1.54) is 0 Å². The quantitative estimate of drug-likeness (QED) is 0.308. The topological polar surface area (TPSA) is 78.7 Å². The minimum atomic E-state index is -1.02. The summed E-state index contributed by atoms with van der Waals surface area (Å²) in [7, 11) is 3.64. The second-order valence-electron chi connectivity index (χ2n) is 8.27. The lowest BCUT2D eigenvalue weighted by molar-refractivity contribution is 0.594. The van der Waals surface area contributed by atoms with Crippen LogP contribution in [0.4, 0.5) is 0 Å². The van der Waals surface area contributed by atoms with Crippen molar-refractivity contribution in [3.8, 4) is 11.1 Å². The summed E-state index contributed by atoms with van der Waals surface area (Å²) >= 11 is 8.55. The fraction of sp³-hybridized carbons (Fsp3) is 0.115. The molecular weight excluding hydrogens is 561 g/mol. The van der Waals surface area contributed by atoms with Crippen LogP contribution in [0.1, 0.15) is 16.8 Å². The highest BCUT2D eigenvalue weighted by Gasteiger charge is 2.35. The molecule has 34 heavy (non-hydrogen) atoms. The largest absolute Gasteiger partial charge is 0.336 e. The fourth-order valence-electron chi connectivity index (χ4n) is 4.35. The van der Waals surface area contributed by atoms with E-state index in [2.05, 4.69) is 27.6 Å². The Morgan fingerprint density at radius 2 is 1.76 bits per heavy atom. The zero-order chi connectivity index (χ0) is 24.0. The number of fused-ring (bicyclic) bond motifs is 1. The maximum absolute atomic E-state index is 12.7. The highest BCUT2D eigenvalue weighted by Crippen LogP contribution is 2.37. The zero-order valence-corrected chi connectivity index (χ0v) is 21.4. The SMILES string of the molecule is Cn1cncc1[C@@](N)(c1ccc(I)cc1)c1cnc2c(c1)c(-c1cccc(Cl)c1)cc(=O)n2C. The Kier molecular flexibility index (Phi) is 5.79. The molecule has 3 heterocycles. The maximum Gasteiger partial charge on any atom is 0.252 e. The van der Waals surface area contributed by atoms with Crippen molar-refractivity contribution in [3.63, 3.8) is 0 Å². The monoisotopic (exact) mass is 581 g/mol. The number of nitrogens with zero attached hydrogens (tertiary/aromatic N) is 4. The van der Waals surface area contributed by atoms with E-state index in [0.29, 0.717) is 10.7 Å². The van der Waals surface area contributed by atoms with Gasteiger partial charge in [-0.2, -0.15) is 0 Å². The van der Waals surface area contributed by atoms with Crippen molar-refractivity contribution in [2.45, 2.75) is 5.54 Å². The predicted molar refractivity (Wildman–Crippen MR) is 144 cm³/mol. The second-order valence-corrected chi connectivity index (χ2v) is 9.95. The Balaban J connectivity index is 1.84. The first-order chi connectivity index (χ1) is 16.3. The average molecular weight is 582 g/mol. The lowest BCUT2D eigenvalue weighted by Gasteiger charge is -2.31. The minimum absolute atomic E-state index is 0.147. The molecule has 0 radical (unpaired) electrons. The molecule has 170 valence electrons. The first kappa shape index (κ1) is 22.8. The van der Waals surface area contributed by atoms with Gasteiger partial charge < -0.3 is 10.3 Å². The summed E-state index contributed by atoms with van der Waals surface area (Å²) in [5.74, 6) is 0. The van der Waals surface area contributed by atoms with Gasteiger partial charge in [-0.25, -0.2) is 9.97 Å². The Hall–Kier alpha value is -3.01. The van der Waals surface area contributed by atoms with Crippen LogP contribution in [-0.4, -0.2) is 19.1 Å². The summed E-state index contributed by atoms with van der Waals surface area (Å²) < 4.78 is 4.57. The van der Waals surface area contributed by atoms with E-state index < -0.39 is 5.54 Å². The van der Waals surface area contributed by atoms with Crippen molar-refractivity contribution in [2.24, 2.45) is 19.8 Å².